The Labute approximate surface area is 267 Å². The Balaban J connectivity index is 1.47. The summed E-state index contributed by atoms with van der Waals surface area (Å²) in [6, 6.07) is 39.6. The zero-order chi connectivity index (χ0) is 31.8. The van der Waals surface area contributed by atoms with Gasteiger partial charge in [0.05, 0.1) is 22.9 Å². The minimum atomic E-state index is -4.26. The number of sulfonamides is 1. The van der Waals surface area contributed by atoms with Crippen molar-refractivity contribution in [2.24, 2.45) is 0 Å². The van der Waals surface area contributed by atoms with Crippen LogP contribution in [0.15, 0.2) is 132 Å². The highest BCUT2D eigenvalue weighted by molar-refractivity contribution is 7.93. The molecule has 0 spiro atoms. The lowest BCUT2D eigenvalue weighted by atomic mass is 10.1. The lowest BCUT2D eigenvalue weighted by molar-refractivity contribution is 0.0521. The number of hydrogen-bond donors (Lipinski definition) is 2. The molecule has 0 atom stereocenters. The van der Waals surface area contributed by atoms with E-state index in [4.69, 9.17) is 4.74 Å². The standard InChI is InChI=1S/C38H31N3O4S/c1-3-45-38(42)36-37(32-14-8-9-15-33(32)40-36)41(46(43,44)29-20-16-25(2)17-21-29)35-23-22-34(30-12-6-7-13-31(30)35)39-28-19-18-26-10-4-5-11-27(26)24-28/h4-24,39-40H,3H2,1-2H3. The lowest BCUT2D eigenvalue weighted by Crippen LogP contribution is -2.28. The van der Waals surface area contributed by atoms with Crippen LogP contribution in [0.3, 0.4) is 0 Å². The molecule has 1 heterocycles. The number of para-hydroxylation sites is 1. The summed E-state index contributed by atoms with van der Waals surface area (Å²) >= 11 is 0. The molecule has 0 fully saturated rings. The average molecular weight is 626 g/mol. The van der Waals surface area contributed by atoms with Gasteiger partial charge < -0.3 is 15.0 Å². The summed E-state index contributed by atoms with van der Waals surface area (Å²) in [6.45, 7) is 3.76. The van der Waals surface area contributed by atoms with Crippen molar-refractivity contribution in [1.82, 2.24) is 4.98 Å². The van der Waals surface area contributed by atoms with Crippen LogP contribution in [0.2, 0.25) is 0 Å². The van der Waals surface area contributed by atoms with E-state index in [1.807, 2.05) is 73.7 Å². The smallest absolute Gasteiger partial charge is 0.356 e. The van der Waals surface area contributed by atoms with Crippen LogP contribution in [0.25, 0.3) is 32.4 Å². The van der Waals surface area contributed by atoms with Crippen molar-refractivity contribution in [3.05, 3.63) is 139 Å². The Bertz CT molecular complexity index is 2360. The molecule has 0 radical (unpaired) electrons. The van der Waals surface area contributed by atoms with E-state index in [1.165, 1.54) is 4.31 Å². The molecule has 7 rings (SSSR count). The number of fused-ring (bicyclic) bond motifs is 3. The van der Waals surface area contributed by atoms with Crippen molar-refractivity contribution in [1.29, 1.82) is 0 Å². The van der Waals surface area contributed by atoms with Gasteiger partial charge in [0.1, 0.15) is 0 Å². The molecule has 1 aromatic heterocycles. The number of aromatic nitrogens is 1. The Hall–Kier alpha value is -5.60. The second-order valence-corrected chi connectivity index (χ2v) is 12.8. The minimum absolute atomic E-state index is 0.0567. The fourth-order valence-electron chi connectivity index (χ4n) is 5.87. The lowest BCUT2D eigenvalue weighted by Gasteiger charge is -2.27. The summed E-state index contributed by atoms with van der Waals surface area (Å²) in [4.78, 5) is 16.7. The molecule has 2 N–H and O–H groups in total. The second-order valence-electron chi connectivity index (χ2n) is 11.1. The first-order chi connectivity index (χ1) is 22.3. The normalized spacial score (nSPS) is 11.6. The van der Waals surface area contributed by atoms with Crippen LogP contribution >= 0.6 is 0 Å². The van der Waals surface area contributed by atoms with Gasteiger partial charge in [-0.25, -0.2) is 17.5 Å². The molecule has 8 heteroatoms. The predicted molar refractivity (Wildman–Crippen MR) is 186 cm³/mol. The van der Waals surface area contributed by atoms with E-state index in [9.17, 15) is 13.2 Å². The number of nitrogens with zero attached hydrogens (tertiary/aromatic N) is 1. The number of aryl methyl sites for hydroxylation is 1. The van der Waals surface area contributed by atoms with Gasteiger partial charge in [-0.15, -0.1) is 0 Å². The molecule has 0 saturated heterocycles. The third-order valence-electron chi connectivity index (χ3n) is 8.07. The predicted octanol–water partition coefficient (Wildman–Crippen LogP) is 9.23. The van der Waals surface area contributed by atoms with E-state index >= 15 is 0 Å². The molecule has 0 aliphatic carbocycles. The molecule has 0 unspecified atom stereocenters. The highest BCUT2D eigenvalue weighted by Crippen LogP contribution is 2.44. The number of carbonyl (C=O) groups excluding carboxylic acids is 1. The SMILES string of the molecule is CCOC(=O)c1[nH]c2ccccc2c1N(c1ccc(Nc2ccc3ccccc3c2)c2ccccc12)S(=O)(=O)c1ccc(C)cc1. The van der Waals surface area contributed by atoms with Gasteiger partial charge in [-0.1, -0.05) is 90.5 Å². The van der Waals surface area contributed by atoms with Crippen molar-refractivity contribution in [2.75, 3.05) is 16.2 Å². The molecule has 228 valence electrons. The summed E-state index contributed by atoms with van der Waals surface area (Å²) < 4.78 is 36.3. The fraction of sp³-hybridized carbons (Fsp3) is 0.0789. The topological polar surface area (TPSA) is 91.5 Å². The summed E-state index contributed by atoms with van der Waals surface area (Å²) in [7, 11) is -4.26. The summed E-state index contributed by atoms with van der Waals surface area (Å²) in [5.74, 6) is -0.642. The maximum atomic E-state index is 14.8. The van der Waals surface area contributed by atoms with Crippen LogP contribution in [0.1, 0.15) is 23.0 Å². The van der Waals surface area contributed by atoms with Crippen LogP contribution in [0, 0.1) is 6.92 Å². The van der Waals surface area contributed by atoms with Gasteiger partial charge in [0.25, 0.3) is 10.0 Å². The van der Waals surface area contributed by atoms with E-state index in [-0.39, 0.29) is 22.9 Å². The third-order valence-corrected chi connectivity index (χ3v) is 9.80. The number of esters is 1. The van der Waals surface area contributed by atoms with E-state index in [0.717, 1.165) is 33.1 Å². The molecule has 0 bridgehead atoms. The molecule has 46 heavy (non-hydrogen) atoms. The molecule has 0 aliphatic rings. The monoisotopic (exact) mass is 625 g/mol. The zero-order valence-electron chi connectivity index (χ0n) is 25.3. The molecule has 0 amide bonds. The Kier molecular flexibility index (Phi) is 7.42. The van der Waals surface area contributed by atoms with Crippen molar-refractivity contribution >= 4 is 71.2 Å². The highest BCUT2D eigenvalue weighted by atomic mass is 32.2. The number of aromatic amines is 1. The molecule has 0 saturated carbocycles. The van der Waals surface area contributed by atoms with Crippen LogP contribution in [0.5, 0.6) is 0 Å². The van der Waals surface area contributed by atoms with E-state index in [1.54, 1.807) is 43.3 Å². The molecular weight excluding hydrogens is 595 g/mol. The second kappa shape index (κ2) is 11.7. The highest BCUT2D eigenvalue weighted by Gasteiger charge is 2.34. The van der Waals surface area contributed by atoms with Crippen molar-refractivity contribution < 1.29 is 17.9 Å². The first kappa shape index (κ1) is 29.1. The first-order valence-electron chi connectivity index (χ1n) is 15.0. The number of benzene rings is 6. The van der Waals surface area contributed by atoms with Gasteiger partial charge in [0, 0.05) is 33.1 Å². The van der Waals surface area contributed by atoms with Gasteiger partial charge in [0.15, 0.2) is 5.69 Å². The van der Waals surface area contributed by atoms with Gasteiger partial charge >= 0.3 is 5.97 Å². The summed E-state index contributed by atoms with van der Waals surface area (Å²) in [5.41, 5.74) is 3.92. The van der Waals surface area contributed by atoms with E-state index in [0.29, 0.717) is 22.0 Å². The first-order valence-corrected chi connectivity index (χ1v) is 16.5. The third kappa shape index (κ3) is 5.12. The summed E-state index contributed by atoms with van der Waals surface area (Å²) in [5, 5.41) is 7.86. The number of nitrogens with one attached hydrogen (secondary N) is 2. The van der Waals surface area contributed by atoms with Crippen LogP contribution in [-0.4, -0.2) is 26.0 Å². The van der Waals surface area contributed by atoms with Gasteiger partial charge in [-0.2, -0.15) is 0 Å². The number of carbonyl (C=O) groups is 1. The van der Waals surface area contributed by atoms with Crippen molar-refractivity contribution in [3.8, 4) is 0 Å². The Morgan fingerprint density at radius 1 is 0.761 bits per heavy atom. The average Bonchev–Trinajstić information content (AvgIpc) is 3.45. The van der Waals surface area contributed by atoms with Gasteiger partial charge in [-0.3, -0.25) is 0 Å². The number of anilines is 4. The van der Waals surface area contributed by atoms with Crippen molar-refractivity contribution in [2.45, 2.75) is 18.7 Å². The zero-order valence-corrected chi connectivity index (χ0v) is 26.1. The quantitative estimate of drug-likeness (QED) is 0.164. The molecule has 0 aliphatic heterocycles. The maximum absolute atomic E-state index is 14.8. The molecule has 7 aromatic rings. The van der Waals surface area contributed by atoms with E-state index < -0.39 is 16.0 Å². The number of hydrogen-bond acceptors (Lipinski definition) is 5. The fourth-order valence-corrected chi connectivity index (χ4v) is 7.41. The van der Waals surface area contributed by atoms with Gasteiger partial charge in [-0.05, 0) is 67.1 Å². The van der Waals surface area contributed by atoms with E-state index in [2.05, 4.69) is 34.6 Å². The molecular formula is C38H31N3O4S. The number of rotatable bonds is 8. The van der Waals surface area contributed by atoms with Crippen LogP contribution in [-0.2, 0) is 14.8 Å². The van der Waals surface area contributed by atoms with Crippen LogP contribution < -0.4 is 9.62 Å². The maximum Gasteiger partial charge on any atom is 0.356 e. The molecule has 7 nitrogen and oxygen atoms in total. The molecule has 6 aromatic carbocycles. The number of H-pyrrole nitrogens is 1. The summed E-state index contributed by atoms with van der Waals surface area (Å²) in [6.07, 6.45) is 0. The van der Waals surface area contributed by atoms with Crippen molar-refractivity contribution in [3.63, 3.8) is 0 Å². The minimum Gasteiger partial charge on any atom is -0.461 e. The Morgan fingerprint density at radius 2 is 1.43 bits per heavy atom. The Morgan fingerprint density at radius 3 is 2.20 bits per heavy atom. The van der Waals surface area contributed by atoms with Crippen LogP contribution in [0.4, 0.5) is 22.7 Å². The largest absolute Gasteiger partial charge is 0.461 e. The number of ether oxygens (including phenoxy) is 1. The van der Waals surface area contributed by atoms with Gasteiger partial charge in [0.2, 0.25) is 0 Å².